The van der Waals surface area contributed by atoms with Gasteiger partial charge in [-0.1, -0.05) is 20.3 Å². The lowest BCUT2D eigenvalue weighted by molar-refractivity contribution is -0.116. The molecule has 0 spiro atoms. The van der Waals surface area contributed by atoms with Gasteiger partial charge < -0.3 is 10.1 Å². The summed E-state index contributed by atoms with van der Waals surface area (Å²) in [5, 5.41) is 2.79. The van der Waals surface area contributed by atoms with Gasteiger partial charge in [0, 0.05) is 19.5 Å². The number of piperidine rings is 1. The van der Waals surface area contributed by atoms with Crippen molar-refractivity contribution in [3.63, 3.8) is 0 Å². The van der Waals surface area contributed by atoms with E-state index in [-0.39, 0.29) is 10.8 Å². The molecule has 2 rings (SSSR count). The molecule has 0 bridgehead atoms. The number of benzene rings is 1. The lowest BCUT2D eigenvalue weighted by Gasteiger charge is -2.26. The molecule has 1 aliphatic heterocycles. The van der Waals surface area contributed by atoms with Crippen LogP contribution in [-0.4, -0.2) is 38.8 Å². The highest BCUT2D eigenvalue weighted by atomic mass is 32.2. The molecule has 1 amide bonds. The van der Waals surface area contributed by atoms with Crippen LogP contribution in [0.2, 0.25) is 0 Å². The Hall–Kier alpha value is -1.60. The fourth-order valence-electron chi connectivity index (χ4n) is 2.83. The molecule has 1 aromatic rings. The van der Waals surface area contributed by atoms with E-state index in [0.29, 0.717) is 36.9 Å². The molecule has 0 radical (unpaired) electrons. The first-order valence-electron chi connectivity index (χ1n) is 8.82. The van der Waals surface area contributed by atoms with Gasteiger partial charge in [-0.3, -0.25) is 4.79 Å². The molecule has 7 heteroatoms. The number of nitrogens with zero attached hydrogens (tertiary/aromatic N) is 1. The minimum atomic E-state index is -3.54. The predicted molar refractivity (Wildman–Crippen MR) is 98.3 cm³/mol. The van der Waals surface area contributed by atoms with Gasteiger partial charge in [0.2, 0.25) is 15.9 Å². The van der Waals surface area contributed by atoms with Gasteiger partial charge in [0.25, 0.3) is 0 Å². The van der Waals surface area contributed by atoms with E-state index in [1.165, 1.54) is 23.5 Å². The van der Waals surface area contributed by atoms with Crippen molar-refractivity contribution < 1.29 is 17.9 Å². The predicted octanol–water partition coefficient (Wildman–Crippen LogP) is 3.24. The van der Waals surface area contributed by atoms with Gasteiger partial charge in [0.15, 0.2) is 0 Å². The molecule has 1 saturated heterocycles. The van der Waals surface area contributed by atoms with E-state index >= 15 is 0 Å². The first kappa shape index (κ1) is 19.7. The van der Waals surface area contributed by atoms with Crippen LogP contribution in [0, 0.1) is 5.92 Å². The topological polar surface area (TPSA) is 75.7 Å². The number of nitrogens with one attached hydrogen (secondary N) is 1. The van der Waals surface area contributed by atoms with Gasteiger partial charge in [0.1, 0.15) is 5.75 Å². The average Bonchev–Trinajstić information content (AvgIpc) is 2.60. The van der Waals surface area contributed by atoms with Crippen molar-refractivity contribution in [1.29, 1.82) is 0 Å². The Morgan fingerprint density at radius 1 is 1.24 bits per heavy atom. The van der Waals surface area contributed by atoms with Gasteiger partial charge in [-0.15, -0.1) is 0 Å². The van der Waals surface area contributed by atoms with E-state index in [2.05, 4.69) is 19.2 Å². The van der Waals surface area contributed by atoms with Crippen molar-refractivity contribution in [3.8, 4) is 5.75 Å². The smallest absolute Gasteiger partial charge is 0.243 e. The van der Waals surface area contributed by atoms with Crippen molar-refractivity contribution in [2.24, 2.45) is 5.92 Å². The van der Waals surface area contributed by atoms with Crippen molar-refractivity contribution in [2.45, 2.75) is 50.8 Å². The molecule has 0 aliphatic carbocycles. The first-order valence-corrected chi connectivity index (χ1v) is 10.3. The molecule has 0 saturated carbocycles. The van der Waals surface area contributed by atoms with E-state index < -0.39 is 10.0 Å². The summed E-state index contributed by atoms with van der Waals surface area (Å²) in [7, 11) is -2.05. The third kappa shape index (κ3) is 5.19. The highest BCUT2D eigenvalue weighted by Crippen LogP contribution is 2.30. The lowest BCUT2D eigenvalue weighted by Crippen LogP contribution is -2.35. The van der Waals surface area contributed by atoms with Crippen molar-refractivity contribution in [2.75, 3.05) is 25.5 Å². The normalized spacial score (nSPS) is 16.0. The average molecular weight is 368 g/mol. The number of anilines is 1. The Morgan fingerprint density at radius 3 is 2.52 bits per heavy atom. The molecule has 1 aliphatic rings. The maximum atomic E-state index is 12.8. The van der Waals surface area contributed by atoms with E-state index in [4.69, 9.17) is 4.74 Å². The van der Waals surface area contributed by atoms with E-state index in [1.807, 2.05) is 0 Å². The fraction of sp³-hybridized carbons (Fsp3) is 0.611. The summed E-state index contributed by atoms with van der Waals surface area (Å²) in [6.45, 7) is 5.20. The van der Waals surface area contributed by atoms with Crippen LogP contribution in [0.3, 0.4) is 0 Å². The van der Waals surface area contributed by atoms with Crippen LogP contribution in [0.15, 0.2) is 23.1 Å². The Morgan fingerprint density at radius 2 is 1.92 bits per heavy atom. The molecular weight excluding hydrogens is 340 g/mol. The minimum Gasteiger partial charge on any atom is -0.495 e. The SMILES string of the molecule is COc1ccc(S(=O)(=O)N2CCCCC2)cc1NC(=O)CCC(C)C. The van der Waals surface area contributed by atoms with E-state index in [1.54, 1.807) is 6.07 Å². The summed E-state index contributed by atoms with van der Waals surface area (Å²) in [5.74, 6) is 0.744. The molecule has 0 aromatic heterocycles. The largest absolute Gasteiger partial charge is 0.495 e. The van der Waals surface area contributed by atoms with Crippen molar-refractivity contribution >= 4 is 21.6 Å². The third-order valence-electron chi connectivity index (χ3n) is 4.35. The molecule has 1 N–H and O–H groups in total. The van der Waals surface area contributed by atoms with Crippen molar-refractivity contribution in [1.82, 2.24) is 4.31 Å². The van der Waals surface area contributed by atoms with Crippen molar-refractivity contribution in [3.05, 3.63) is 18.2 Å². The molecule has 0 atom stereocenters. The Balaban J connectivity index is 2.22. The van der Waals surface area contributed by atoms with Crippen LogP contribution in [0.5, 0.6) is 5.75 Å². The van der Waals surface area contributed by atoms with E-state index in [0.717, 1.165) is 25.7 Å². The summed E-state index contributed by atoms with van der Waals surface area (Å²) in [6.07, 6.45) is 4.00. The Kier molecular flexibility index (Phi) is 6.84. The van der Waals surface area contributed by atoms with Crippen LogP contribution in [0.1, 0.15) is 46.0 Å². The summed E-state index contributed by atoms with van der Waals surface area (Å²) in [4.78, 5) is 12.3. The molecule has 1 heterocycles. The molecule has 0 unspecified atom stereocenters. The van der Waals surface area contributed by atoms with Gasteiger partial charge in [-0.25, -0.2) is 8.42 Å². The number of rotatable bonds is 7. The number of hydrogen-bond donors (Lipinski definition) is 1. The minimum absolute atomic E-state index is 0.139. The summed E-state index contributed by atoms with van der Waals surface area (Å²) >= 11 is 0. The quantitative estimate of drug-likeness (QED) is 0.802. The zero-order chi connectivity index (χ0) is 18.4. The zero-order valence-corrected chi connectivity index (χ0v) is 16.1. The second kappa shape index (κ2) is 8.67. The molecule has 6 nitrogen and oxygen atoms in total. The van der Waals surface area contributed by atoms with Gasteiger partial charge in [-0.2, -0.15) is 4.31 Å². The Bertz CT molecular complexity index is 695. The monoisotopic (exact) mass is 368 g/mol. The second-order valence-corrected chi connectivity index (χ2v) is 8.75. The number of methoxy groups -OCH3 is 1. The summed E-state index contributed by atoms with van der Waals surface area (Å²) < 4.78 is 32.4. The van der Waals surface area contributed by atoms with E-state index in [9.17, 15) is 13.2 Å². The van der Waals surface area contributed by atoms with Gasteiger partial charge in [0.05, 0.1) is 17.7 Å². The van der Waals surface area contributed by atoms with Crippen LogP contribution in [-0.2, 0) is 14.8 Å². The number of carbonyl (C=O) groups excluding carboxylic acids is 1. The van der Waals surface area contributed by atoms with Gasteiger partial charge in [-0.05, 0) is 43.4 Å². The number of ether oxygens (including phenoxy) is 1. The summed E-state index contributed by atoms with van der Waals surface area (Å²) in [5.41, 5.74) is 0.398. The van der Waals surface area contributed by atoms with Crippen LogP contribution in [0.4, 0.5) is 5.69 Å². The maximum Gasteiger partial charge on any atom is 0.243 e. The number of sulfonamides is 1. The zero-order valence-electron chi connectivity index (χ0n) is 15.2. The van der Waals surface area contributed by atoms with Crippen LogP contribution in [0.25, 0.3) is 0 Å². The third-order valence-corrected chi connectivity index (χ3v) is 6.24. The highest BCUT2D eigenvalue weighted by Gasteiger charge is 2.26. The van der Waals surface area contributed by atoms with Crippen LogP contribution >= 0.6 is 0 Å². The fourth-order valence-corrected chi connectivity index (χ4v) is 4.38. The van der Waals surface area contributed by atoms with Gasteiger partial charge >= 0.3 is 0 Å². The molecule has 25 heavy (non-hydrogen) atoms. The number of carbonyl (C=O) groups is 1. The molecular formula is C18H28N2O4S. The number of amides is 1. The first-order chi connectivity index (χ1) is 11.8. The summed E-state index contributed by atoms with van der Waals surface area (Å²) in [6, 6.07) is 4.62. The maximum absolute atomic E-state index is 12.8. The standard InChI is InChI=1S/C18H28N2O4S/c1-14(2)7-10-18(21)19-16-13-15(8-9-17(16)24-3)25(22,23)20-11-5-4-6-12-20/h8-9,13-14H,4-7,10-12H2,1-3H3,(H,19,21). The number of hydrogen-bond acceptors (Lipinski definition) is 4. The van der Waals surface area contributed by atoms with Crippen LogP contribution < -0.4 is 10.1 Å². The lowest BCUT2D eigenvalue weighted by atomic mass is 10.1. The highest BCUT2D eigenvalue weighted by molar-refractivity contribution is 7.89. The molecule has 140 valence electrons. The Labute approximate surface area is 150 Å². The second-order valence-electron chi connectivity index (χ2n) is 6.81. The molecule has 1 aromatic carbocycles. The molecule has 1 fully saturated rings.